The highest BCUT2D eigenvalue weighted by Crippen LogP contribution is 2.19. The van der Waals surface area contributed by atoms with Crippen LogP contribution in [0.2, 0.25) is 0 Å². The van der Waals surface area contributed by atoms with Crippen LogP contribution in [0.15, 0.2) is 36.4 Å². The maximum absolute atomic E-state index is 9.07. The van der Waals surface area contributed by atoms with Crippen molar-refractivity contribution in [3.8, 4) is 17.6 Å². The molecule has 20 heavy (non-hydrogen) atoms. The minimum absolute atomic E-state index is 0.0147. The normalized spacial score (nSPS) is 9.90. The lowest BCUT2D eigenvalue weighted by molar-refractivity contribution is 0.278. The van der Waals surface area contributed by atoms with Crippen molar-refractivity contribution in [2.24, 2.45) is 0 Å². The number of benzene rings is 1. The molecule has 1 heterocycles. The van der Waals surface area contributed by atoms with Crippen LogP contribution in [0.25, 0.3) is 0 Å². The number of ether oxygens (including phenoxy) is 1. The largest absolute Gasteiger partial charge is 0.488 e. The van der Waals surface area contributed by atoms with Gasteiger partial charge in [0.05, 0.1) is 18.1 Å². The van der Waals surface area contributed by atoms with E-state index in [1.807, 2.05) is 36.4 Å². The molecule has 1 aromatic heterocycles. The number of hydrogen-bond donors (Lipinski definition) is 2. The Hall–Kier alpha value is -1.80. The van der Waals surface area contributed by atoms with Gasteiger partial charge in [-0.2, -0.15) is 0 Å². The van der Waals surface area contributed by atoms with Crippen LogP contribution in [0.5, 0.6) is 5.75 Å². The SMILES string of the molecule is OCCC#Cc1ccc(COc2cccc(CO)c2)s1. The molecule has 0 fully saturated rings. The zero-order chi connectivity index (χ0) is 14.2. The van der Waals surface area contributed by atoms with Crippen molar-refractivity contribution >= 4 is 11.3 Å². The molecule has 0 unspecified atom stereocenters. The second kappa shape index (κ2) is 7.71. The Bertz CT molecular complexity index is 607. The van der Waals surface area contributed by atoms with Crippen LogP contribution >= 0.6 is 11.3 Å². The molecule has 4 heteroatoms. The predicted octanol–water partition coefficient (Wildman–Crippen LogP) is 2.55. The first-order chi connectivity index (χ1) is 9.81. The third-order valence-corrected chi connectivity index (χ3v) is 3.55. The zero-order valence-corrected chi connectivity index (χ0v) is 11.8. The zero-order valence-electron chi connectivity index (χ0n) is 11.0. The standard InChI is InChI=1S/C16H16O3S/c17-9-2-1-6-15-7-8-16(20-15)12-19-14-5-3-4-13(10-14)11-18/h3-5,7-8,10,17-18H,2,9,11-12H2. The minimum Gasteiger partial charge on any atom is -0.488 e. The molecule has 0 bridgehead atoms. The summed E-state index contributed by atoms with van der Waals surface area (Å²) < 4.78 is 5.68. The first-order valence-corrected chi connectivity index (χ1v) is 7.14. The maximum atomic E-state index is 9.07. The average Bonchev–Trinajstić information content (AvgIpc) is 2.94. The number of aliphatic hydroxyl groups is 2. The lowest BCUT2D eigenvalue weighted by atomic mass is 10.2. The molecule has 0 amide bonds. The van der Waals surface area contributed by atoms with Crippen LogP contribution in [0.3, 0.4) is 0 Å². The Morgan fingerprint density at radius 3 is 2.85 bits per heavy atom. The summed E-state index contributed by atoms with van der Waals surface area (Å²) in [5, 5.41) is 17.7. The third kappa shape index (κ3) is 4.39. The van der Waals surface area contributed by atoms with Gasteiger partial charge in [0.2, 0.25) is 0 Å². The summed E-state index contributed by atoms with van der Waals surface area (Å²) in [7, 11) is 0. The van der Waals surface area contributed by atoms with Gasteiger partial charge in [-0.3, -0.25) is 0 Å². The lowest BCUT2D eigenvalue weighted by Crippen LogP contribution is -1.93. The Balaban J connectivity index is 1.92. The van der Waals surface area contributed by atoms with Crippen molar-refractivity contribution in [2.45, 2.75) is 19.6 Å². The Kier molecular flexibility index (Phi) is 5.63. The summed E-state index contributed by atoms with van der Waals surface area (Å²) in [4.78, 5) is 2.06. The molecule has 0 saturated carbocycles. The number of hydrogen-bond acceptors (Lipinski definition) is 4. The van der Waals surface area contributed by atoms with Gasteiger partial charge in [-0.15, -0.1) is 11.3 Å². The Morgan fingerprint density at radius 1 is 1.15 bits per heavy atom. The van der Waals surface area contributed by atoms with Gasteiger partial charge in [0.15, 0.2) is 0 Å². The summed E-state index contributed by atoms with van der Waals surface area (Å²) in [5.74, 6) is 6.65. The van der Waals surface area contributed by atoms with Gasteiger partial charge in [0, 0.05) is 11.3 Å². The van der Waals surface area contributed by atoms with Gasteiger partial charge < -0.3 is 14.9 Å². The van der Waals surface area contributed by atoms with Gasteiger partial charge in [-0.25, -0.2) is 0 Å². The monoisotopic (exact) mass is 288 g/mol. The fraction of sp³-hybridized carbons (Fsp3) is 0.250. The van der Waals surface area contributed by atoms with Gasteiger partial charge in [0.1, 0.15) is 12.4 Å². The molecular weight excluding hydrogens is 272 g/mol. The van der Waals surface area contributed by atoms with Crippen molar-refractivity contribution in [3.05, 3.63) is 51.7 Å². The van der Waals surface area contributed by atoms with Crippen LogP contribution in [-0.2, 0) is 13.2 Å². The fourth-order valence-electron chi connectivity index (χ4n) is 1.62. The summed E-state index contributed by atoms with van der Waals surface area (Å²) >= 11 is 1.58. The van der Waals surface area contributed by atoms with Crippen molar-refractivity contribution in [2.75, 3.05) is 6.61 Å². The quantitative estimate of drug-likeness (QED) is 0.831. The van der Waals surface area contributed by atoms with Gasteiger partial charge in [-0.1, -0.05) is 24.0 Å². The van der Waals surface area contributed by atoms with Crippen LogP contribution in [0.1, 0.15) is 21.7 Å². The van der Waals surface area contributed by atoms with E-state index >= 15 is 0 Å². The van der Waals surface area contributed by atoms with Crippen molar-refractivity contribution in [3.63, 3.8) is 0 Å². The summed E-state index contributed by atoms with van der Waals surface area (Å²) in [5.41, 5.74) is 0.837. The summed E-state index contributed by atoms with van der Waals surface area (Å²) in [6.45, 7) is 0.595. The molecule has 104 valence electrons. The summed E-state index contributed by atoms with van der Waals surface area (Å²) in [6, 6.07) is 11.4. The van der Waals surface area contributed by atoms with Gasteiger partial charge in [0.25, 0.3) is 0 Å². The molecule has 2 aromatic rings. The molecule has 3 nitrogen and oxygen atoms in total. The molecule has 0 radical (unpaired) electrons. The lowest BCUT2D eigenvalue weighted by Gasteiger charge is -2.05. The molecule has 2 N–H and O–H groups in total. The first kappa shape index (κ1) is 14.6. The summed E-state index contributed by atoms with van der Waals surface area (Å²) in [6.07, 6.45) is 0.498. The number of aliphatic hydroxyl groups excluding tert-OH is 2. The van der Waals surface area contributed by atoms with Crippen LogP contribution in [0, 0.1) is 11.8 Å². The van der Waals surface area contributed by atoms with E-state index in [-0.39, 0.29) is 13.2 Å². The van der Waals surface area contributed by atoms with E-state index in [0.29, 0.717) is 13.0 Å². The van der Waals surface area contributed by atoms with E-state index in [4.69, 9.17) is 14.9 Å². The molecule has 0 atom stereocenters. The number of rotatable bonds is 5. The second-order valence-corrected chi connectivity index (χ2v) is 5.30. The molecular formula is C16H16O3S. The van der Waals surface area contributed by atoms with Crippen LogP contribution < -0.4 is 4.74 Å². The van der Waals surface area contributed by atoms with Crippen molar-refractivity contribution in [1.82, 2.24) is 0 Å². The smallest absolute Gasteiger partial charge is 0.122 e. The maximum Gasteiger partial charge on any atom is 0.122 e. The molecule has 0 spiro atoms. The third-order valence-electron chi connectivity index (χ3n) is 2.57. The van der Waals surface area contributed by atoms with Crippen LogP contribution in [-0.4, -0.2) is 16.8 Å². The van der Waals surface area contributed by atoms with E-state index in [1.54, 1.807) is 11.3 Å². The average molecular weight is 288 g/mol. The Morgan fingerprint density at radius 2 is 2.05 bits per heavy atom. The molecule has 0 aliphatic heterocycles. The molecule has 2 rings (SSSR count). The highest BCUT2D eigenvalue weighted by Gasteiger charge is 2.00. The predicted molar refractivity (Wildman–Crippen MR) is 79.6 cm³/mol. The van der Waals surface area contributed by atoms with Crippen molar-refractivity contribution in [1.29, 1.82) is 0 Å². The Labute approximate surface area is 122 Å². The van der Waals surface area contributed by atoms with E-state index in [0.717, 1.165) is 21.1 Å². The van der Waals surface area contributed by atoms with Gasteiger partial charge in [-0.05, 0) is 29.8 Å². The molecule has 1 aromatic carbocycles. The topological polar surface area (TPSA) is 49.7 Å². The number of thiophene rings is 1. The second-order valence-electron chi connectivity index (χ2n) is 4.14. The first-order valence-electron chi connectivity index (χ1n) is 6.33. The van der Waals surface area contributed by atoms with E-state index in [2.05, 4.69) is 11.8 Å². The minimum atomic E-state index is 0.0147. The van der Waals surface area contributed by atoms with Crippen molar-refractivity contribution < 1.29 is 14.9 Å². The van der Waals surface area contributed by atoms with Gasteiger partial charge >= 0.3 is 0 Å². The fourth-order valence-corrected chi connectivity index (χ4v) is 2.41. The molecule has 0 aliphatic carbocycles. The highest BCUT2D eigenvalue weighted by molar-refractivity contribution is 7.12. The highest BCUT2D eigenvalue weighted by atomic mass is 32.1. The molecule has 0 saturated heterocycles. The van der Waals surface area contributed by atoms with E-state index in [1.165, 1.54) is 0 Å². The van der Waals surface area contributed by atoms with E-state index < -0.39 is 0 Å². The van der Waals surface area contributed by atoms with Crippen LogP contribution in [0.4, 0.5) is 0 Å². The molecule has 0 aliphatic rings. The van der Waals surface area contributed by atoms with E-state index in [9.17, 15) is 0 Å².